The summed E-state index contributed by atoms with van der Waals surface area (Å²) in [6, 6.07) is 1.87. The molecule has 0 radical (unpaired) electrons. The topological polar surface area (TPSA) is 72.5 Å². The predicted octanol–water partition coefficient (Wildman–Crippen LogP) is 1.21. The summed E-state index contributed by atoms with van der Waals surface area (Å²) in [5.74, 6) is -0.149. The largest absolute Gasteiger partial charge is 0.385 e. The van der Waals surface area contributed by atoms with Crippen LogP contribution in [0.2, 0.25) is 0 Å². The molecule has 1 rings (SSSR count). The first kappa shape index (κ1) is 16.4. The number of ether oxygens (including phenoxy) is 2. The summed E-state index contributed by atoms with van der Waals surface area (Å²) in [4.78, 5) is 16.2. The minimum Gasteiger partial charge on any atom is -0.385 e. The molecule has 0 aromatic carbocycles. The van der Waals surface area contributed by atoms with Gasteiger partial charge in [-0.2, -0.15) is 0 Å². The van der Waals surface area contributed by atoms with E-state index in [1.807, 2.05) is 19.9 Å². The van der Waals surface area contributed by atoms with Gasteiger partial charge in [-0.25, -0.2) is 0 Å². The average Bonchev–Trinajstić information content (AvgIpc) is 2.43. The molecule has 0 aliphatic carbocycles. The Balaban J connectivity index is 2.46. The number of aromatic nitrogens is 1. The van der Waals surface area contributed by atoms with E-state index in [2.05, 4.69) is 15.6 Å². The van der Waals surface area contributed by atoms with Crippen LogP contribution in [0.15, 0.2) is 12.3 Å². The monoisotopic (exact) mass is 281 g/mol. The molecule has 0 spiro atoms. The summed E-state index contributed by atoms with van der Waals surface area (Å²) < 4.78 is 10.1. The van der Waals surface area contributed by atoms with Crippen LogP contribution in [0, 0.1) is 6.92 Å². The predicted molar refractivity (Wildman–Crippen MR) is 78.2 cm³/mol. The fraction of sp³-hybridized carbons (Fsp3) is 0.571. The van der Waals surface area contributed by atoms with E-state index in [1.165, 1.54) is 0 Å². The van der Waals surface area contributed by atoms with Gasteiger partial charge in [-0.3, -0.25) is 9.78 Å². The SMILES string of the molecule is CCNc1cc(C)ncc1C(=O)NCCOCCOC. The van der Waals surface area contributed by atoms with Crippen LogP contribution >= 0.6 is 0 Å². The van der Waals surface area contributed by atoms with E-state index < -0.39 is 0 Å². The highest BCUT2D eigenvalue weighted by Gasteiger charge is 2.11. The number of anilines is 1. The Hall–Kier alpha value is -1.66. The van der Waals surface area contributed by atoms with Gasteiger partial charge in [-0.15, -0.1) is 0 Å². The van der Waals surface area contributed by atoms with Gasteiger partial charge in [0.1, 0.15) is 0 Å². The van der Waals surface area contributed by atoms with Crippen LogP contribution in [-0.2, 0) is 9.47 Å². The zero-order chi connectivity index (χ0) is 14.8. The maximum atomic E-state index is 12.1. The Labute approximate surface area is 119 Å². The van der Waals surface area contributed by atoms with E-state index in [9.17, 15) is 4.79 Å². The Bertz CT molecular complexity index is 424. The minimum absolute atomic E-state index is 0.149. The van der Waals surface area contributed by atoms with Gasteiger partial charge < -0.3 is 20.1 Å². The van der Waals surface area contributed by atoms with Crippen molar-refractivity contribution in [3.05, 3.63) is 23.5 Å². The summed E-state index contributed by atoms with van der Waals surface area (Å²) in [5.41, 5.74) is 2.23. The number of pyridine rings is 1. The van der Waals surface area contributed by atoms with Gasteiger partial charge >= 0.3 is 0 Å². The number of amides is 1. The van der Waals surface area contributed by atoms with Crippen molar-refractivity contribution in [1.29, 1.82) is 0 Å². The normalized spacial score (nSPS) is 10.3. The lowest BCUT2D eigenvalue weighted by molar-refractivity contribution is 0.0693. The van der Waals surface area contributed by atoms with Gasteiger partial charge in [-0.05, 0) is 19.9 Å². The fourth-order valence-corrected chi connectivity index (χ4v) is 1.65. The van der Waals surface area contributed by atoms with E-state index in [-0.39, 0.29) is 5.91 Å². The molecule has 0 aliphatic rings. The van der Waals surface area contributed by atoms with E-state index >= 15 is 0 Å². The smallest absolute Gasteiger partial charge is 0.255 e. The summed E-state index contributed by atoms with van der Waals surface area (Å²) in [6.45, 7) is 6.64. The molecule has 0 saturated carbocycles. The first-order valence-corrected chi connectivity index (χ1v) is 6.74. The van der Waals surface area contributed by atoms with Crippen LogP contribution < -0.4 is 10.6 Å². The van der Waals surface area contributed by atoms with Gasteiger partial charge in [-0.1, -0.05) is 0 Å². The van der Waals surface area contributed by atoms with E-state index in [1.54, 1.807) is 13.3 Å². The molecule has 0 saturated heterocycles. The number of rotatable bonds is 9. The Morgan fingerprint density at radius 1 is 1.35 bits per heavy atom. The first-order chi connectivity index (χ1) is 9.69. The van der Waals surface area contributed by atoms with Crippen molar-refractivity contribution >= 4 is 11.6 Å². The molecule has 20 heavy (non-hydrogen) atoms. The van der Waals surface area contributed by atoms with Crippen LogP contribution in [0.1, 0.15) is 23.0 Å². The lowest BCUT2D eigenvalue weighted by Gasteiger charge is -2.11. The van der Waals surface area contributed by atoms with Gasteiger partial charge in [0.15, 0.2) is 0 Å². The summed E-state index contributed by atoms with van der Waals surface area (Å²) in [6.07, 6.45) is 1.59. The molecular formula is C14H23N3O3. The number of hydrogen-bond acceptors (Lipinski definition) is 5. The molecule has 112 valence electrons. The summed E-state index contributed by atoms with van der Waals surface area (Å²) in [7, 11) is 1.62. The standard InChI is InChI=1S/C14H23N3O3/c1-4-15-13-9-11(2)17-10-12(13)14(18)16-5-6-20-8-7-19-3/h9-10H,4-8H2,1-3H3,(H,15,17)(H,16,18). The highest BCUT2D eigenvalue weighted by Crippen LogP contribution is 2.15. The van der Waals surface area contributed by atoms with Crippen LogP contribution in [-0.4, -0.2) is 50.9 Å². The third kappa shape index (κ3) is 5.54. The number of carbonyl (C=O) groups excluding carboxylic acids is 1. The minimum atomic E-state index is -0.149. The molecule has 2 N–H and O–H groups in total. The van der Waals surface area contributed by atoms with E-state index in [4.69, 9.17) is 9.47 Å². The number of nitrogens with one attached hydrogen (secondary N) is 2. The average molecular weight is 281 g/mol. The van der Waals surface area contributed by atoms with Crippen LogP contribution in [0.5, 0.6) is 0 Å². The second kappa shape index (κ2) is 9.28. The molecule has 6 nitrogen and oxygen atoms in total. The third-order valence-corrected chi connectivity index (χ3v) is 2.62. The lowest BCUT2D eigenvalue weighted by atomic mass is 10.2. The summed E-state index contributed by atoms with van der Waals surface area (Å²) in [5, 5.41) is 5.98. The number of carbonyl (C=O) groups is 1. The number of nitrogens with zero attached hydrogens (tertiary/aromatic N) is 1. The second-order valence-electron chi connectivity index (χ2n) is 4.26. The van der Waals surface area contributed by atoms with Crippen LogP contribution in [0.25, 0.3) is 0 Å². The van der Waals surface area contributed by atoms with E-state index in [0.29, 0.717) is 31.9 Å². The number of aryl methyl sites for hydroxylation is 1. The molecule has 0 bridgehead atoms. The molecular weight excluding hydrogens is 258 g/mol. The Morgan fingerprint density at radius 3 is 2.85 bits per heavy atom. The van der Waals surface area contributed by atoms with Crippen LogP contribution in [0.4, 0.5) is 5.69 Å². The van der Waals surface area contributed by atoms with Gasteiger partial charge in [0, 0.05) is 32.1 Å². The molecule has 6 heteroatoms. The van der Waals surface area contributed by atoms with Crippen molar-refractivity contribution < 1.29 is 14.3 Å². The Kier molecular flexibility index (Phi) is 7.60. The number of hydrogen-bond donors (Lipinski definition) is 2. The lowest BCUT2D eigenvalue weighted by Crippen LogP contribution is -2.28. The van der Waals surface area contributed by atoms with Crippen molar-refractivity contribution in [2.45, 2.75) is 13.8 Å². The third-order valence-electron chi connectivity index (χ3n) is 2.62. The van der Waals surface area contributed by atoms with Crippen molar-refractivity contribution in [3.63, 3.8) is 0 Å². The Morgan fingerprint density at radius 2 is 2.15 bits per heavy atom. The van der Waals surface area contributed by atoms with Crippen molar-refractivity contribution in [2.24, 2.45) is 0 Å². The highest BCUT2D eigenvalue weighted by atomic mass is 16.5. The zero-order valence-electron chi connectivity index (χ0n) is 12.4. The van der Waals surface area contributed by atoms with Crippen LogP contribution in [0.3, 0.4) is 0 Å². The molecule has 1 aromatic rings. The molecule has 1 aromatic heterocycles. The van der Waals surface area contributed by atoms with Gasteiger partial charge in [0.2, 0.25) is 0 Å². The maximum Gasteiger partial charge on any atom is 0.255 e. The molecule has 1 heterocycles. The highest BCUT2D eigenvalue weighted by molar-refractivity contribution is 5.99. The molecule has 0 unspecified atom stereocenters. The first-order valence-electron chi connectivity index (χ1n) is 6.74. The van der Waals surface area contributed by atoms with Crippen molar-refractivity contribution in [3.8, 4) is 0 Å². The molecule has 0 fully saturated rings. The molecule has 1 amide bonds. The van der Waals surface area contributed by atoms with Crippen molar-refractivity contribution in [1.82, 2.24) is 10.3 Å². The number of methoxy groups -OCH3 is 1. The zero-order valence-corrected chi connectivity index (χ0v) is 12.4. The van der Waals surface area contributed by atoms with Gasteiger partial charge in [0.05, 0.1) is 31.1 Å². The second-order valence-corrected chi connectivity index (χ2v) is 4.26. The molecule has 0 aliphatic heterocycles. The van der Waals surface area contributed by atoms with Crippen molar-refractivity contribution in [2.75, 3.05) is 45.3 Å². The fourth-order valence-electron chi connectivity index (χ4n) is 1.65. The maximum absolute atomic E-state index is 12.1. The quantitative estimate of drug-likeness (QED) is 0.666. The van der Waals surface area contributed by atoms with Gasteiger partial charge in [0.25, 0.3) is 5.91 Å². The summed E-state index contributed by atoms with van der Waals surface area (Å²) >= 11 is 0. The van der Waals surface area contributed by atoms with E-state index in [0.717, 1.165) is 17.9 Å². The molecule has 0 atom stereocenters.